The third kappa shape index (κ3) is 2.47. The Kier molecular flexibility index (Phi) is 3.45. The van der Waals surface area contributed by atoms with E-state index in [1.807, 2.05) is 0 Å². The number of nitrogens with one attached hydrogen (secondary N) is 3. The zero-order valence-electron chi connectivity index (χ0n) is 12.1. The molecule has 7 atom stereocenters. The molecule has 2 aliphatic heterocycles. The summed E-state index contributed by atoms with van der Waals surface area (Å²) in [5, 5.41) is 20.1. The van der Waals surface area contributed by atoms with Crippen molar-refractivity contribution in [1.82, 2.24) is 16.0 Å². The molecule has 4 heteroatoms. The van der Waals surface area contributed by atoms with Crippen molar-refractivity contribution >= 4 is 0 Å². The Morgan fingerprint density at radius 1 is 1.00 bits per heavy atom. The monoisotopic (exact) mass is 274 g/mol. The van der Waals surface area contributed by atoms with E-state index in [-0.39, 0.29) is 6.04 Å². The molecule has 4 fully saturated rings. The molecule has 2 bridgehead atoms. The summed E-state index contributed by atoms with van der Waals surface area (Å²) in [5.41, 5.74) is 0. The summed E-state index contributed by atoms with van der Waals surface area (Å²) < 4.78 is 0. The summed E-state index contributed by atoms with van der Waals surface area (Å²) in [6, 6.07) is 3.72. The minimum Gasteiger partial charge on any atom is -0.302 e. The molecule has 4 aliphatic rings. The minimum absolute atomic E-state index is 0.0797. The summed E-state index contributed by atoms with van der Waals surface area (Å²) in [7, 11) is 0. The van der Waals surface area contributed by atoms with Gasteiger partial charge in [0.25, 0.3) is 0 Å². The lowest BCUT2D eigenvalue weighted by Gasteiger charge is -2.37. The minimum atomic E-state index is 0.0797. The number of fused-ring (bicyclic) bond motifs is 3. The van der Waals surface area contributed by atoms with E-state index in [0.717, 1.165) is 37.3 Å². The van der Waals surface area contributed by atoms with E-state index in [2.05, 4.69) is 22.0 Å². The molecule has 0 amide bonds. The van der Waals surface area contributed by atoms with Crippen LogP contribution in [0.1, 0.15) is 44.9 Å². The first-order valence-corrected chi connectivity index (χ1v) is 8.45. The van der Waals surface area contributed by atoms with Crippen LogP contribution in [-0.2, 0) is 0 Å². The highest BCUT2D eigenvalue weighted by Gasteiger charge is 2.40. The molecule has 4 rings (SSSR count). The fourth-order valence-electron chi connectivity index (χ4n) is 5.19. The molecule has 0 aromatic carbocycles. The second-order valence-corrected chi connectivity index (χ2v) is 7.53. The smallest absolute Gasteiger partial charge is 0.0958 e. The second-order valence-electron chi connectivity index (χ2n) is 7.53. The van der Waals surface area contributed by atoms with Gasteiger partial charge in [0.2, 0.25) is 0 Å². The molecule has 3 N–H and O–H groups in total. The zero-order valence-corrected chi connectivity index (χ0v) is 12.1. The molecular weight excluding hydrogens is 248 g/mol. The van der Waals surface area contributed by atoms with Gasteiger partial charge in [0.05, 0.1) is 18.3 Å². The highest BCUT2D eigenvalue weighted by molar-refractivity contribution is 5.05. The van der Waals surface area contributed by atoms with E-state index in [1.54, 1.807) is 0 Å². The predicted octanol–water partition coefficient (Wildman–Crippen LogP) is 1.34. The maximum absolute atomic E-state index is 9.06. The number of piperidine rings is 1. The molecule has 20 heavy (non-hydrogen) atoms. The van der Waals surface area contributed by atoms with Crippen LogP contribution in [0.3, 0.4) is 0 Å². The zero-order chi connectivity index (χ0) is 13.5. The van der Waals surface area contributed by atoms with Gasteiger partial charge in [-0.05, 0) is 49.9 Å². The van der Waals surface area contributed by atoms with Crippen LogP contribution in [0.4, 0.5) is 0 Å². The van der Waals surface area contributed by atoms with E-state index in [1.165, 1.54) is 32.1 Å². The summed E-state index contributed by atoms with van der Waals surface area (Å²) in [4.78, 5) is 0. The maximum atomic E-state index is 9.06. The second kappa shape index (κ2) is 5.29. The van der Waals surface area contributed by atoms with E-state index in [0.29, 0.717) is 18.1 Å². The van der Waals surface area contributed by atoms with Gasteiger partial charge in [0.15, 0.2) is 0 Å². The molecule has 4 nitrogen and oxygen atoms in total. The highest BCUT2D eigenvalue weighted by Crippen LogP contribution is 2.42. The van der Waals surface area contributed by atoms with Crippen LogP contribution in [-0.4, -0.2) is 30.8 Å². The summed E-state index contributed by atoms with van der Waals surface area (Å²) in [5.74, 6) is 2.64. The van der Waals surface area contributed by atoms with Crippen LogP contribution in [0, 0.1) is 29.1 Å². The Labute approximate surface area is 121 Å². The highest BCUT2D eigenvalue weighted by atomic mass is 15.2. The van der Waals surface area contributed by atoms with Gasteiger partial charge in [-0.2, -0.15) is 5.26 Å². The molecule has 110 valence electrons. The first-order valence-electron chi connectivity index (χ1n) is 8.45. The normalized spacial score (nSPS) is 50.6. The molecule has 2 aliphatic carbocycles. The van der Waals surface area contributed by atoms with Crippen molar-refractivity contribution in [3.05, 3.63) is 0 Å². The summed E-state index contributed by atoms with van der Waals surface area (Å²) in [6.45, 7) is 1.06. The van der Waals surface area contributed by atoms with Gasteiger partial charge in [0.1, 0.15) is 0 Å². The van der Waals surface area contributed by atoms with E-state index in [9.17, 15) is 0 Å². The van der Waals surface area contributed by atoms with Crippen LogP contribution in [0.25, 0.3) is 0 Å². The molecule has 5 unspecified atom stereocenters. The third-order valence-electron chi connectivity index (χ3n) is 6.12. The van der Waals surface area contributed by atoms with Gasteiger partial charge in [-0.15, -0.1) is 0 Å². The Balaban J connectivity index is 1.31. The molecule has 0 aromatic rings. The summed E-state index contributed by atoms with van der Waals surface area (Å²) >= 11 is 0. The Bertz CT molecular complexity index is 392. The predicted molar refractivity (Wildman–Crippen MR) is 77.8 cm³/mol. The van der Waals surface area contributed by atoms with Crippen molar-refractivity contribution in [2.45, 2.75) is 69.2 Å². The van der Waals surface area contributed by atoms with Crippen molar-refractivity contribution in [3.63, 3.8) is 0 Å². The largest absolute Gasteiger partial charge is 0.302 e. The molecule has 2 saturated heterocycles. The van der Waals surface area contributed by atoms with Gasteiger partial charge in [-0.3, -0.25) is 10.6 Å². The Morgan fingerprint density at radius 2 is 1.80 bits per heavy atom. The van der Waals surface area contributed by atoms with Crippen LogP contribution >= 0.6 is 0 Å². The number of nitriles is 1. The van der Waals surface area contributed by atoms with Crippen LogP contribution in [0.2, 0.25) is 0 Å². The standard InChI is InChI=1S/C16H26N4/c17-8-14-6-12-9-18-16(7-15(12)19-14)20-13-4-10-1-2-11(3-10)5-13/h10-16,18-20H,1-7,9H2/t10-,11+,12?,13?,14?,15?,16?. The van der Waals surface area contributed by atoms with E-state index >= 15 is 0 Å². The first-order chi connectivity index (χ1) is 9.80. The molecule has 2 heterocycles. The van der Waals surface area contributed by atoms with Crippen molar-refractivity contribution in [3.8, 4) is 6.07 Å². The van der Waals surface area contributed by atoms with Gasteiger partial charge >= 0.3 is 0 Å². The fraction of sp³-hybridized carbons (Fsp3) is 0.938. The topological polar surface area (TPSA) is 59.9 Å². The van der Waals surface area contributed by atoms with Crippen molar-refractivity contribution in [2.24, 2.45) is 17.8 Å². The number of hydrogen-bond donors (Lipinski definition) is 3. The van der Waals surface area contributed by atoms with Crippen LogP contribution in [0.5, 0.6) is 0 Å². The molecule has 2 saturated carbocycles. The number of hydrogen-bond acceptors (Lipinski definition) is 4. The molecule has 0 radical (unpaired) electrons. The van der Waals surface area contributed by atoms with Gasteiger partial charge in [0, 0.05) is 18.6 Å². The van der Waals surface area contributed by atoms with Crippen molar-refractivity contribution in [1.29, 1.82) is 5.26 Å². The maximum Gasteiger partial charge on any atom is 0.0958 e. The Hall–Kier alpha value is -0.630. The van der Waals surface area contributed by atoms with Crippen molar-refractivity contribution in [2.75, 3.05) is 6.54 Å². The van der Waals surface area contributed by atoms with Crippen molar-refractivity contribution < 1.29 is 0 Å². The SMILES string of the molecule is N#CC1CC2CNC(NC3C[C@H]4CC[C@@H](C3)C4)CC2N1. The van der Waals surface area contributed by atoms with E-state index < -0.39 is 0 Å². The van der Waals surface area contributed by atoms with Gasteiger partial charge < -0.3 is 5.32 Å². The lowest BCUT2D eigenvalue weighted by atomic mass is 9.85. The molecule has 0 spiro atoms. The molecule has 0 aromatic heterocycles. The first kappa shape index (κ1) is 13.1. The fourth-order valence-corrected chi connectivity index (χ4v) is 5.19. The Morgan fingerprint density at radius 3 is 2.55 bits per heavy atom. The number of nitrogens with zero attached hydrogens (tertiary/aromatic N) is 1. The average Bonchev–Trinajstić information content (AvgIpc) is 3.01. The quantitative estimate of drug-likeness (QED) is 0.711. The summed E-state index contributed by atoms with van der Waals surface area (Å²) in [6.07, 6.45) is 9.81. The third-order valence-corrected chi connectivity index (χ3v) is 6.12. The molecular formula is C16H26N4. The van der Waals surface area contributed by atoms with Gasteiger partial charge in [-0.25, -0.2) is 0 Å². The van der Waals surface area contributed by atoms with Crippen LogP contribution < -0.4 is 16.0 Å². The lowest BCUT2D eigenvalue weighted by molar-refractivity contribution is 0.198. The lowest BCUT2D eigenvalue weighted by Crippen LogP contribution is -2.57. The van der Waals surface area contributed by atoms with Gasteiger partial charge in [-0.1, -0.05) is 12.8 Å². The number of rotatable bonds is 2. The van der Waals surface area contributed by atoms with E-state index in [4.69, 9.17) is 5.26 Å². The average molecular weight is 274 g/mol. The van der Waals surface area contributed by atoms with Crippen LogP contribution in [0.15, 0.2) is 0 Å².